The molecule has 0 aromatic carbocycles. The SMILES string of the molecule is CCN(Cc1cnn(C)c1)C(=O)CCCN. The summed E-state index contributed by atoms with van der Waals surface area (Å²) < 4.78 is 1.74. The predicted octanol–water partition coefficient (Wildman–Crippen LogP) is 0.508. The Morgan fingerprint density at radius 1 is 1.62 bits per heavy atom. The first-order chi connectivity index (χ1) is 7.67. The summed E-state index contributed by atoms with van der Waals surface area (Å²) in [5, 5.41) is 4.08. The minimum absolute atomic E-state index is 0.164. The van der Waals surface area contributed by atoms with Crippen LogP contribution in [0, 0.1) is 0 Å². The molecule has 0 spiro atoms. The van der Waals surface area contributed by atoms with Crippen molar-refractivity contribution in [2.75, 3.05) is 13.1 Å². The largest absolute Gasteiger partial charge is 0.339 e. The summed E-state index contributed by atoms with van der Waals surface area (Å²) in [6, 6.07) is 0. The number of nitrogens with two attached hydrogens (primary N) is 1. The number of rotatable bonds is 6. The van der Waals surface area contributed by atoms with Crippen molar-refractivity contribution in [2.45, 2.75) is 26.3 Å². The summed E-state index contributed by atoms with van der Waals surface area (Å²) in [5.74, 6) is 0.164. The van der Waals surface area contributed by atoms with Crippen LogP contribution < -0.4 is 5.73 Å². The van der Waals surface area contributed by atoms with Crippen LogP contribution in [0.5, 0.6) is 0 Å². The number of nitrogens with zero attached hydrogens (tertiary/aromatic N) is 3. The normalized spacial score (nSPS) is 10.4. The summed E-state index contributed by atoms with van der Waals surface area (Å²) in [4.78, 5) is 13.6. The number of hydrogen-bond acceptors (Lipinski definition) is 3. The van der Waals surface area contributed by atoms with Crippen molar-refractivity contribution < 1.29 is 4.79 Å². The molecule has 16 heavy (non-hydrogen) atoms. The fourth-order valence-corrected chi connectivity index (χ4v) is 1.56. The number of hydrogen-bond donors (Lipinski definition) is 1. The highest BCUT2D eigenvalue weighted by Gasteiger charge is 2.11. The fourth-order valence-electron chi connectivity index (χ4n) is 1.56. The second-order valence-corrected chi connectivity index (χ2v) is 3.82. The van der Waals surface area contributed by atoms with E-state index in [2.05, 4.69) is 5.10 Å². The average Bonchev–Trinajstić information content (AvgIpc) is 2.68. The average molecular weight is 224 g/mol. The van der Waals surface area contributed by atoms with Gasteiger partial charge in [-0.05, 0) is 19.9 Å². The predicted molar refractivity (Wildman–Crippen MR) is 62.6 cm³/mol. The molecule has 0 saturated carbocycles. The maximum Gasteiger partial charge on any atom is 0.222 e. The zero-order valence-corrected chi connectivity index (χ0v) is 10.0. The summed E-state index contributed by atoms with van der Waals surface area (Å²) in [7, 11) is 1.87. The molecule has 2 N–H and O–H groups in total. The monoisotopic (exact) mass is 224 g/mol. The fraction of sp³-hybridized carbons (Fsp3) is 0.636. The van der Waals surface area contributed by atoms with Crippen molar-refractivity contribution in [1.82, 2.24) is 14.7 Å². The van der Waals surface area contributed by atoms with Crippen molar-refractivity contribution in [2.24, 2.45) is 12.8 Å². The zero-order chi connectivity index (χ0) is 12.0. The molecule has 0 unspecified atom stereocenters. The Balaban J connectivity index is 2.51. The summed E-state index contributed by atoms with van der Waals surface area (Å²) in [5.41, 5.74) is 6.45. The van der Waals surface area contributed by atoms with Crippen molar-refractivity contribution in [3.63, 3.8) is 0 Å². The van der Waals surface area contributed by atoms with Gasteiger partial charge in [0.05, 0.1) is 6.20 Å². The number of aryl methyl sites for hydroxylation is 1. The van der Waals surface area contributed by atoms with Crippen molar-refractivity contribution in [1.29, 1.82) is 0 Å². The van der Waals surface area contributed by atoms with Gasteiger partial charge in [0.2, 0.25) is 5.91 Å². The van der Waals surface area contributed by atoms with Crippen LogP contribution in [0.4, 0.5) is 0 Å². The standard InChI is InChI=1S/C11H20N4O/c1-3-15(11(16)5-4-6-12)9-10-7-13-14(2)8-10/h7-8H,3-6,9,12H2,1-2H3. The molecule has 5 nitrogen and oxygen atoms in total. The molecule has 0 aliphatic heterocycles. The molecule has 0 atom stereocenters. The van der Waals surface area contributed by atoms with Crippen LogP contribution in [0.3, 0.4) is 0 Å². The van der Waals surface area contributed by atoms with Crippen molar-refractivity contribution >= 4 is 5.91 Å². The number of amides is 1. The van der Waals surface area contributed by atoms with E-state index in [1.54, 1.807) is 10.9 Å². The third kappa shape index (κ3) is 3.66. The first kappa shape index (κ1) is 12.7. The van der Waals surface area contributed by atoms with Gasteiger partial charge in [-0.1, -0.05) is 0 Å². The van der Waals surface area contributed by atoms with Crippen LogP contribution >= 0.6 is 0 Å². The molecule has 0 saturated heterocycles. The molecule has 1 heterocycles. The second kappa shape index (κ2) is 6.27. The first-order valence-electron chi connectivity index (χ1n) is 5.62. The van der Waals surface area contributed by atoms with E-state index in [1.807, 2.05) is 25.1 Å². The van der Waals surface area contributed by atoms with Gasteiger partial charge in [-0.15, -0.1) is 0 Å². The van der Waals surface area contributed by atoms with E-state index in [0.29, 0.717) is 19.5 Å². The molecular formula is C11H20N4O. The zero-order valence-electron chi connectivity index (χ0n) is 10.0. The Hall–Kier alpha value is -1.36. The Morgan fingerprint density at radius 2 is 2.38 bits per heavy atom. The smallest absolute Gasteiger partial charge is 0.222 e. The molecule has 0 fully saturated rings. The molecule has 5 heteroatoms. The van der Waals surface area contributed by atoms with E-state index in [9.17, 15) is 4.79 Å². The maximum atomic E-state index is 11.8. The van der Waals surface area contributed by atoms with Gasteiger partial charge in [-0.3, -0.25) is 9.48 Å². The Kier molecular flexibility index (Phi) is 4.98. The Labute approximate surface area is 96.2 Å². The van der Waals surface area contributed by atoms with Crippen molar-refractivity contribution in [3.05, 3.63) is 18.0 Å². The molecule has 0 aliphatic carbocycles. The Bertz CT molecular complexity index is 334. The Morgan fingerprint density at radius 3 is 2.88 bits per heavy atom. The summed E-state index contributed by atoms with van der Waals surface area (Å²) in [6.45, 7) is 3.90. The molecule has 0 aliphatic rings. The first-order valence-corrected chi connectivity index (χ1v) is 5.62. The lowest BCUT2D eigenvalue weighted by atomic mass is 10.2. The quantitative estimate of drug-likeness (QED) is 0.765. The van der Waals surface area contributed by atoms with Crippen LogP contribution in [-0.2, 0) is 18.4 Å². The third-order valence-electron chi connectivity index (χ3n) is 2.46. The maximum absolute atomic E-state index is 11.8. The lowest BCUT2D eigenvalue weighted by Gasteiger charge is -2.19. The van der Waals surface area contributed by atoms with E-state index >= 15 is 0 Å². The molecule has 1 rings (SSSR count). The van der Waals surface area contributed by atoms with Gasteiger partial charge in [0.15, 0.2) is 0 Å². The van der Waals surface area contributed by atoms with Crippen molar-refractivity contribution in [3.8, 4) is 0 Å². The lowest BCUT2D eigenvalue weighted by molar-refractivity contribution is -0.131. The van der Waals surface area contributed by atoms with E-state index in [1.165, 1.54) is 0 Å². The van der Waals surface area contributed by atoms with Gasteiger partial charge in [-0.25, -0.2) is 0 Å². The minimum Gasteiger partial charge on any atom is -0.339 e. The summed E-state index contributed by atoms with van der Waals surface area (Å²) in [6.07, 6.45) is 5.00. The van der Waals surface area contributed by atoms with Gasteiger partial charge in [0.1, 0.15) is 0 Å². The van der Waals surface area contributed by atoms with Crippen LogP contribution in [-0.4, -0.2) is 33.7 Å². The highest BCUT2D eigenvalue weighted by Crippen LogP contribution is 2.05. The van der Waals surface area contributed by atoms with E-state index in [-0.39, 0.29) is 5.91 Å². The van der Waals surface area contributed by atoms with Gasteiger partial charge >= 0.3 is 0 Å². The number of carbonyl (C=O) groups is 1. The van der Waals surface area contributed by atoms with Gasteiger partial charge in [-0.2, -0.15) is 5.10 Å². The summed E-state index contributed by atoms with van der Waals surface area (Å²) >= 11 is 0. The molecule has 1 amide bonds. The van der Waals surface area contributed by atoms with E-state index < -0.39 is 0 Å². The number of carbonyl (C=O) groups excluding carboxylic acids is 1. The minimum atomic E-state index is 0.164. The van der Waals surface area contributed by atoms with Gasteiger partial charge in [0.25, 0.3) is 0 Å². The highest BCUT2D eigenvalue weighted by molar-refractivity contribution is 5.76. The highest BCUT2D eigenvalue weighted by atomic mass is 16.2. The van der Waals surface area contributed by atoms with Gasteiger partial charge in [0, 0.05) is 38.3 Å². The number of aromatic nitrogens is 2. The van der Waals surface area contributed by atoms with Crippen LogP contribution in [0.2, 0.25) is 0 Å². The van der Waals surface area contributed by atoms with E-state index in [4.69, 9.17) is 5.73 Å². The second-order valence-electron chi connectivity index (χ2n) is 3.82. The van der Waals surface area contributed by atoms with Crippen LogP contribution in [0.15, 0.2) is 12.4 Å². The van der Waals surface area contributed by atoms with E-state index in [0.717, 1.165) is 18.5 Å². The molecule has 90 valence electrons. The molecule has 0 radical (unpaired) electrons. The topological polar surface area (TPSA) is 64.2 Å². The third-order valence-corrected chi connectivity index (χ3v) is 2.46. The molecule has 1 aromatic heterocycles. The molecule has 0 bridgehead atoms. The molecule has 1 aromatic rings. The molecular weight excluding hydrogens is 204 g/mol. The van der Waals surface area contributed by atoms with Crippen LogP contribution in [0.1, 0.15) is 25.3 Å². The lowest BCUT2D eigenvalue weighted by Crippen LogP contribution is -2.30. The van der Waals surface area contributed by atoms with Crippen LogP contribution in [0.25, 0.3) is 0 Å². The van der Waals surface area contributed by atoms with Gasteiger partial charge < -0.3 is 10.6 Å².